The van der Waals surface area contributed by atoms with E-state index in [0.29, 0.717) is 0 Å². The summed E-state index contributed by atoms with van der Waals surface area (Å²) in [4.78, 5) is 66.0. The summed E-state index contributed by atoms with van der Waals surface area (Å²) in [7, 11) is 0. The molecule has 16 heteroatoms. The molecule has 0 aliphatic carbocycles. The minimum atomic E-state index is -3.17. The second kappa shape index (κ2) is 14.4. The van der Waals surface area contributed by atoms with E-state index < -0.39 is 72.7 Å². The zero-order chi connectivity index (χ0) is 20.0. The van der Waals surface area contributed by atoms with Crippen molar-refractivity contribution in [3.63, 3.8) is 0 Å². The van der Waals surface area contributed by atoms with Crippen LogP contribution in [0.25, 0.3) is 0 Å². The van der Waals surface area contributed by atoms with Crippen molar-refractivity contribution in [3.05, 3.63) is 0 Å². The van der Waals surface area contributed by atoms with Gasteiger partial charge in [0.25, 0.3) is 0 Å². The molecule has 152 valence electrons. The molecular formula is C12H18KNaO14. The van der Waals surface area contributed by atoms with Gasteiger partial charge in [0.05, 0.1) is 25.7 Å². The molecule has 14 nitrogen and oxygen atoms in total. The minimum Gasteiger partial charge on any atom is -1.00 e. The fraction of sp³-hybridized carbons (Fsp3) is 0.500. The fourth-order valence-electron chi connectivity index (χ4n) is 1.77. The van der Waals surface area contributed by atoms with Crippen molar-refractivity contribution >= 4 is 35.8 Å². The van der Waals surface area contributed by atoms with Gasteiger partial charge in [-0.05, 0) is 0 Å². The van der Waals surface area contributed by atoms with Gasteiger partial charge in [-0.15, -0.1) is 0 Å². The van der Waals surface area contributed by atoms with E-state index in [0.717, 1.165) is 0 Å². The van der Waals surface area contributed by atoms with Crippen LogP contribution in [0.1, 0.15) is 28.5 Å². The van der Waals surface area contributed by atoms with Gasteiger partial charge < -0.3 is 43.7 Å². The molecule has 0 saturated carbocycles. The van der Waals surface area contributed by atoms with Crippen LogP contribution < -0.4 is 80.9 Å². The summed E-state index contributed by atoms with van der Waals surface area (Å²) in [6.07, 6.45) is -5.94. The Bertz CT molecular complexity index is 614. The first-order chi connectivity index (χ1) is 11.2. The van der Waals surface area contributed by atoms with Gasteiger partial charge >= 0.3 is 117 Å². The first-order valence-electron chi connectivity index (χ1n) is 6.30. The van der Waals surface area contributed by atoms with E-state index in [1.54, 1.807) is 0 Å². The number of esters is 1. The quantitative estimate of drug-likeness (QED) is 0.127. The predicted octanol–water partition coefficient (Wildman–Crippen LogP) is -8.61. The molecule has 0 rings (SSSR count). The fourth-order valence-corrected chi connectivity index (χ4v) is 1.77. The Kier molecular flexibility index (Phi) is 17.9. The Labute approximate surface area is 223 Å². The van der Waals surface area contributed by atoms with Crippen LogP contribution in [0, 0.1) is 0 Å². The zero-order valence-electron chi connectivity index (χ0n) is 16.9. The van der Waals surface area contributed by atoms with Gasteiger partial charge in [0.15, 0.2) is 5.60 Å². The molecule has 0 radical (unpaired) electrons. The number of ether oxygens (including phenoxy) is 1. The van der Waals surface area contributed by atoms with E-state index >= 15 is 0 Å². The van der Waals surface area contributed by atoms with Gasteiger partial charge in [0.1, 0.15) is 0 Å². The van der Waals surface area contributed by atoms with Gasteiger partial charge in [0.2, 0.25) is 5.60 Å². The Hall–Kier alpha value is -0.624. The van der Waals surface area contributed by atoms with E-state index in [9.17, 15) is 33.9 Å². The summed E-state index contributed by atoms with van der Waals surface area (Å²) in [6.45, 7) is 0. The third-order valence-corrected chi connectivity index (χ3v) is 2.85. The van der Waals surface area contributed by atoms with Crippen LogP contribution in [0.5, 0.6) is 0 Å². The average molecular weight is 448 g/mol. The van der Waals surface area contributed by atoms with Crippen LogP contribution in [0.2, 0.25) is 0 Å². The van der Waals surface area contributed by atoms with E-state index in [1.807, 2.05) is 0 Å². The van der Waals surface area contributed by atoms with Crippen molar-refractivity contribution in [1.82, 2.24) is 0 Å². The van der Waals surface area contributed by atoms with E-state index in [1.165, 1.54) is 0 Å². The van der Waals surface area contributed by atoms with Gasteiger partial charge in [0, 0.05) is 0 Å². The molecule has 0 aromatic rings. The molecule has 0 heterocycles. The smallest absolute Gasteiger partial charge is 1.00 e. The van der Waals surface area contributed by atoms with Crippen molar-refractivity contribution < 1.29 is 153 Å². The second-order valence-electron chi connectivity index (χ2n) is 5.00. The monoisotopic (exact) mass is 448 g/mol. The summed E-state index contributed by atoms with van der Waals surface area (Å²) in [5.41, 5.74) is -6.24. The van der Waals surface area contributed by atoms with Crippen molar-refractivity contribution in [2.75, 3.05) is 0 Å². The number of carboxylic acid groups (broad SMARTS) is 5. The largest absolute Gasteiger partial charge is 1.00 e. The van der Waals surface area contributed by atoms with Crippen molar-refractivity contribution in [2.24, 2.45) is 0 Å². The van der Waals surface area contributed by atoms with Crippen LogP contribution in [0.15, 0.2) is 0 Å². The first kappa shape index (κ1) is 34.9. The Morgan fingerprint density at radius 1 is 0.714 bits per heavy atom. The molecule has 0 aromatic carbocycles. The number of aliphatic carboxylic acids is 5. The van der Waals surface area contributed by atoms with Crippen molar-refractivity contribution in [1.29, 1.82) is 0 Å². The molecule has 1 unspecified atom stereocenters. The molecule has 8 N–H and O–H groups in total. The Balaban J connectivity index is -0.000000288. The summed E-state index contributed by atoms with van der Waals surface area (Å²) in [5, 5.41) is 53.5. The molecule has 0 aliphatic heterocycles. The third kappa shape index (κ3) is 11.4. The van der Waals surface area contributed by atoms with Crippen LogP contribution >= 0.6 is 0 Å². The summed E-state index contributed by atoms with van der Waals surface area (Å²) in [6, 6.07) is 0. The summed E-state index contributed by atoms with van der Waals surface area (Å²) < 4.78 is 4.33. The SMILES string of the molecule is O.O=C(O)CC(O)(CC(=O)OC(CC(=O)O)(CC(=O)O)C(=O)O)C(=O)O.[H-].[H-].[K+].[Na+]. The van der Waals surface area contributed by atoms with Crippen LogP contribution in [-0.4, -0.2) is 83.1 Å². The predicted molar refractivity (Wildman–Crippen MR) is 76.3 cm³/mol. The number of carbonyl (C=O) groups is 6. The molecule has 28 heavy (non-hydrogen) atoms. The van der Waals surface area contributed by atoms with E-state index in [2.05, 4.69) is 4.74 Å². The minimum absolute atomic E-state index is 0. The third-order valence-electron chi connectivity index (χ3n) is 2.85. The maximum Gasteiger partial charge on any atom is 1.00 e. The van der Waals surface area contributed by atoms with Gasteiger partial charge in [-0.1, -0.05) is 0 Å². The van der Waals surface area contributed by atoms with E-state index in [4.69, 9.17) is 25.5 Å². The molecular weight excluding hydrogens is 430 g/mol. The number of rotatable bonds is 11. The molecule has 0 fully saturated rings. The molecule has 0 aromatic heterocycles. The van der Waals surface area contributed by atoms with Gasteiger partial charge in [-0.25, -0.2) is 9.59 Å². The van der Waals surface area contributed by atoms with Crippen molar-refractivity contribution in [2.45, 2.75) is 36.9 Å². The standard InChI is InChI=1S/C12H14O13.K.Na.H2O.2H/c13-5(14)1-11(24,9(20)21)4-8(19)25-12(10(22)23,2-6(15)16)3-7(17)18;;;;;/h24H,1-4H2,(H,13,14)(H,15,16)(H,17,18)(H,20,21)(H,22,23);;;1H2;;/q;2*+1;;2*-1. The molecule has 0 amide bonds. The molecule has 0 saturated heterocycles. The second-order valence-corrected chi connectivity index (χ2v) is 5.00. The number of aliphatic hydroxyl groups is 1. The number of hydrogen-bond donors (Lipinski definition) is 6. The summed E-state index contributed by atoms with van der Waals surface area (Å²) >= 11 is 0. The zero-order valence-corrected chi connectivity index (χ0v) is 20.0. The normalized spacial score (nSPS) is 11.9. The first-order valence-corrected chi connectivity index (χ1v) is 6.30. The number of carboxylic acids is 5. The molecule has 0 aliphatic rings. The maximum atomic E-state index is 11.7. The van der Waals surface area contributed by atoms with Crippen LogP contribution in [-0.2, 0) is 33.5 Å². The van der Waals surface area contributed by atoms with E-state index in [-0.39, 0.29) is 89.3 Å². The van der Waals surface area contributed by atoms with Gasteiger partial charge in [-0.2, -0.15) is 0 Å². The Morgan fingerprint density at radius 2 is 1.07 bits per heavy atom. The average Bonchev–Trinajstić information content (AvgIpc) is 2.34. The number of carbonyl (C=O) groups excluding carboxylic acids is 1. The van der Waals surface area contributed by atoms with Crippen LogP contribution in [0.4, 0.5) is 0 Å². The van der Waals surface area contributed by atoms with Crippen LogP contribution in [0.3, 0.4) is 0 Å². The Morgan fingerprint density at radius 3 is 1.32 bits per heavy atom. The van der Waals surface area contributed by atoms with Crippen molar-refractivity contribution in [3.8, 4) is 0 Å². The molecule has 1 atom stereocenters. The summed E-state index contributed by atoms with van der Waals surface area (Å²) in [5.74, 6) is -11.6. The topological polar surface area (TPSA) is 265 Å². The van der Waals surface area contributed by atoms with Gasteiger partial charge in [-0.3, -0.25) is 19.2 Å². The molecule has 0 bridgehead atoms. The number of hydrogen-bond acceptors (Lipinski definition) is 8. The molecule has 0 spiro atoms. The maximum absolute atomic E-state index is 11.7.